The maximum absolute atomic E-state index is 11.0. The molecule has 1 aliphatic rings. The number of benzene rings is 1. The molecule has 2 aromatic heterocycles. The van der Waals surface area contributed by atoms with Crippen molar-refractivity contribution in [2.75, 3.05) is 39.3 Å². The van der Waals surface area contributed by atoms with Gasteiger partial charge in [-0.05, 0) is 12.5 Å². The number of nitrogens with zero attached hydrogens (tertiary/aromatic N) is 5. The summed E-state index contributed by atoms with van der Waals surface area (Å²) in [6, 6.07) is 8.50. The zero-order valence-corrected chi connectivity index (χ0v) is 17.2. The van der Waals surface area contributed by atoms with E-state index < -0.39 is 0 Å². The van der Waals surface area contributed by atoms with Crippen LogP contribution >= 0.6 is 11.3 Å². The maximum atomic E-state index is 11.0. The van der Waals surface area contributed by atoms with E-state index in [0.717, 1.165) is 53.8 Å². The van der Waals surface area contributed by atoms with Crippen LogP contribution in [-0.4, -0.2) is 73.9 Å². The number of aliphatic hydroxyl groups is 1. The van der Waals surface area contributed by atoms with E-state index >= 15 is 0 Å². The molecule has 0 spiro atoms. The second-order valence-electron chi connectivity index (χ2n) is 7.28. The van der Waals surface area contributed by atoms with Gasteiger partial charge >= 0.3 is 0 Å². The first kappa shape index (κ1) is 19.3. The van der Waals surface area contributed by atoms with E-state index in [1.165, 1.54) is 16.9 Å². The quantitative estimate of drug-likeness (QED) is 0.659. The van der Waals surface area contributed by atoms with Crippen molar-refractivity contribution in [3.8, 4) is 5.88 Å². The van der Waals surface area contributed by atoms with Crippen LogP contribution < -0.4 is 0 Å². The van der Waals surface area contributed by atoms with Gasteiger partial charge in [-0.2, -0.15) is 4.52 Å². The van der Waals surface area contributed by atoms with Gasteiger partial charge in [0.05, 0.1) is 17.5 Å². The fraction of sp³-hybridized carbons (Fsp3) is 0.500. The lowest BCUT2D eigenvalue weighted by molar-refractivity contribution is 0.0945. The fourth-order valence-electron chi connectivity index (χ4n) is 3.78. The number of β-amino-alcohol motifs (C(OH)–C–C–N with tert-alkyl or cyclic N) is 1. The first-order valence-corrected chi connectivity index (χ1v) is 10.6. The molecule has 0 unspecified atom stereocenters. The smallest absolute Gasteiger partial charge is 0.230 e. The third-order valence-electron chi connectivity index (χ3n) is 5.39. The van der Waals surface area contributed by atoms with E-state index in [1.54, 1.807) is 4.52 Å². The molecule has 3 heterocycles. The molecule has 1 fully saturated rings. The number of hydrogen-bond acceptors (Lipinski definition) is 7. The number of aryl methyl sites for hydroxylation is 2. The lowest BCUT2D eigenvalue weighted by Gasteiger charge is -2.39. The monoisotopic (exact) mass is 401 g/mol. The van der Waals surface area contributed by atoms with Gasteiger partial charge in [0.25, 0.3) is 0 Å². The normalized spacial score (nSPS) is 17.4. The Morgan fingerprint density at radius 2 is 1.86 bits per heavy atom. The van der Waals surface area contributed by atoms with Gasteiger partial charge in [0.2, 0.25) is 10.8 Å². The van der Waals surface area contributed by atoms with E-state index in [4.69, 9.17) is 0 Å². The van der Waals surface area contributed by atoms with Gasteiger partial charge in [-0.3, -0.25) is 9.80 Å². The molecule has 0 aliphatic carbocycles. The number of fused-ring (bicyclic) bond motifs is 1. The zero-order chi connectivity index (χ0) is 19.7. The molecule has 28 heavy (non-hydrogen) atoms. The number of aliphatic hydroxyl groups excluding tert-OH is 1. The molecule has 0 amide bonds. The lowest BCUT2D eigenvalue weighted by Crippen LogP contribution is -2.48. The molecule has 0 bridgehead atoms. The number of aromatic nitrogens is 3. The SMILES string of the molecule is CCc1nc2sc([C@@H](c3ccc(C)cc3)N3CCN(CCO)CC3)c(O)n2n1. The minimum Gasteiger partial charge on any atom is -0.492 e. The van der Waals surface area contributed by atoms with Crippen LogP contribution in [0.1, 0.15) is 34.8 Å². The highest BCUT2D eigenvalue weighted by molar-refractivity contribution is 7.17. The van der Waals surface area contributed by atoms with Crippen molar-refractivity contribution in [3.63, 3.8) is 0 Å². The predicted molar refractivity (Wildman–Crippen MR) is 110 cm³/mol. The van der Waals surface area contributed by atoms with Gasteiger partial charge in [-0.25, -0.2) is 4.98 Å². The predicted octanol–water partition coefficient (Wildman–Crippen LogP) is 2.07. The zero-order valence-electron chi connectivity index (χ0n) is 16.4. The molecule has 1 atom stereocenters. The van der Waals surface area contributed by atoms with Gasteiger partial charge in [0, 0.05) is 39.1 Å². The molecular weight excluding hydrogens is 374 g/mol. The summed E-state index contributed by atoms with van der Waals surface area (Å²) < 4.78 is 1.57. The number of aromatic hydroxyl groups is 1. The minimum absolute atomic E-state index is 0.0320. The molecule has 2 N–H and O–H groups in total. The molecule has 0 radical (unpaired) electrons. The third kappa shape index (κ3) is 3.65. The highest BCUT2D eigenvalue weighted by atomic mass is 32.1. The van der Waals surface area contributed by atoms with E-state index in [2.05, 4.69) is 51.1 Å². The van der Waals surface area contributed by atoms with Crippen molar-refractivity contribution in [1.29, 1.82) is 0 Å². The molecule has 4 rings (SSSR count). The summed E-state index contributed by atoms with van der Waals surface area (Å²) in [5.74, 6) is 0.938. The summed E-state index contributed by atoms with van der Waals surface area (Å²) in [4.78, 5) is 10.8. The van der Waals surface area contributed by atoms with Gasteiger partial charge in [-0.1, -0.05) is 48.1 Å². The van der Waals surface area contributed by atoms with E-state index in [-0.39, 0.29) is 18.5 Å². The summed E-state index contributed by atoms with van der Waals surface area (Å²) in [7, 11) is 0. The number of piperazine rings is 1. The molecule has 3 aromatic rings. The Balaban J connectivity index is 1.70. The van der Waals surface area contributed by atoms with Crippen LogP contribution in [0.15, 0.2) is 24.3 Å². The first-order valence-electron chi connectivity index (χ1n) is 9.81. The molecular formula is C20H27N5O2S. The Bertz CT molecular complexity index is 928. The van der Waals surface area contributed by atoms with Crippen LogP contribution in [0.3, 0.4) is 0 Å². The van der Waals surface area contributed by atoms with Gasteiger partial charge in [0.1, 0.15) is 0 Å². The first-order chi connectivity index (χ1) is 13.6. The van der Waals surface area contributed by atoms with E-state index in [9.17, 15) is 10.2 Å². The summed E-state index contributed by atoms with van der Waals surface area (Å²) in [5.41, 5.74) is 2.38. The van der Waals surface area contributed by atoms with Crippen LogP contribution in [0.4, 0.5) is 0 Å². The second-order valence-corrected chi connectivity index (χ2v) is 8.29. The number of hydrogen-bond donors (Lipinski definition) is 2. The molecule has 1 saturated heterocycles. The van der Waals surface area contributed by atoms with Crippen LogP contribution in [0.2, 0.25) is 0 Å². The average Bonchev–Trinajstić information content (AvgIpc) is 3.24. The van der Waals surface area contributed by atoms with Gasteiger partial charge < -0.3 is 10.2 Å². The van der Waals surface area contributed by atoms with Crippen molar-refractivity contribution >= 4 is 16.3 Å². The van der Waals surface area contributed by atoms with E-state index in [1.807, 2.05) is 6.92 Å². The molecule has 8 heteroatoms. The largest absolute Gasteiger partial charge is 0.492 e. The highest BCUT2D eigenvalue weighted by Crippen LogP contribution is 2.40. The lowest BCUT2D eigenvalue weighted by atomic mass is 10.0. The van der Waals surface area contributed by atoms with Crippen molar-refractivity contribution in [3.05, 3.63) is 46.1 Å². The van der Waals surface area contributed by atoms with Gasteiger partial charge in [0.15, 0.2) is 5.82 Å². The molecule has 0 saturated carbocycles. The molecule has 7 nitrogen and oxygen atoms in total. The Morgan fingerprint density at radius 3 is 2.46 bits per heavy atom. The minimum atomic E-state index is -0.0320. The van der Waals surface area contributed by atoms with Gasteiger partial charge in [-0.15, -0.1) is 5.10 Å². The highest BCUT2D eigenvalue weighted by Gasteiger charge is 2.31. The molecule has 150 valence electrons. The maximum Gasteiger partial charge on any atom is 0.230 e. The summed E-state index contributed by atoms with van der Waals surface area (Å²) in [6.45, 7) is 8.57. The summed E-state index contributed by atoms with van der Waals surface area (Å²) >= 11 is 1.52. The Morgan fingerprint density at radius 1 is 1.14 bits per heavy atom. The average molecular weight is 402 g/mol. The topological polar surface area (TPSA) is 77.1 Å². The Labute approximate surface area is 168 Å². The van der Waals surface area contributed by atoms with Crippen LogP contribution in [0.5, 0.6) is 5.88 Å². The van der Waals surface area contributed by atoms with E-state index in [0.29, 0.717) is 6.54 Å². The van der Waals surface area contributed by atoms with Crippen molar-refractivity contribution in [1.82, 2.24) is 24.4 Å². The number of thiazole rings is 1. The third-order valence-corrected chi connectivity index (χ3v) is 6.46. The second kappa shape index (κ2) is 8.16. The Kier molecular flexibility index (Phi) is 5.63. The van der Waals surface area contributed by atoms with Crippen molar-refractivity contribution in [2.24, 2.45) is 0 Å². The van der Waals surface area contributed by atoms with Crippen LogP contribution in [0.25, 0.3) is 4.96 Å². The van der Waals surface area contributed by atoms with Crippen LogP contribution in [-0.2, 0) is 6.42 Å². The molecule has 1 aliphatic heterocycles. The summed E-state index contributed by atoms with van der Waals surface area (Å²) in [6.07, 6.45) is 0.747. The standard InChI is InChI=1S/C20H27N5O2S/c1-3-16-21-20-25(22-16)19(27)18(28-20)17(15-6-4-14(2)5-7-15)24-10-8-23(9-11-24)12-13-26/h4-7,17,26-27H,3,8-13H2,1-2H3/t17-/m1/s1. The van der Waals surface area contributed by atoms with Crippen LogP contribution in [0, 0.1) is 6.92 Å². The Hall–Kier alpha value is -2.00. The van der Waals surface area contributed by atoms with Crippen molar-refractivity contribution < 1.29 is 10.2 Å². The fourth-order valence-corrected chi connectivity index (χ4v) is 4.92. The molecule has 1 aromatic carbocycles. The summed E-state index contributed by atoms with van der Waals surface area (Å²) in [5, 5.41) is 24.6. The van der Waals surface area contributed by atoms with Crippen molar-refractivity contribution in [2.45, 2.75) is 26.3 Å². The number of rotatable bonds is 6.